The molecular formula is C27H28N2O3. The minimum absolute atomic E-state index is 0.120. The zero-order chi connectivity index (χ0) is 22.0. The first-order valence-corrected chi connectivity index (χ1v) is 11.9. The quantitative estimate of drug-likeness (QED) is 0.701. The predicted molar refractivity (Wildman–Crippen MR) is 120 cm³/mol. The highest BCUT2D eigenvalue weighted by Gasteiger charge is 2.61. The van der Waals surface area contributed by atoms with Crippen LogP contribution in [0, 0.1) is 11.8 Å². The van der Waals surface area contributed by atoms with Crippen LogP contribution in [0.1, 0.15) is 66.2 Å². The van der Waals surface area contributed by atoms with E-state index in [9.17, 15) is 14.4 Å². The molecule has 0 N–H and O–H groups in total. The minimum atomic E-state index is -0.412. The maximum atomic E-state index is 13.6. The van der Waals surface area contributed by atoms with Crippen molar-refractivity contribution in [2.24, 2.45) is 11.8 Å². The standard InChI is InChI=1S/C27H28N2O3/c1-28(16-9-3-2-4-10-16)21(30)15-29-26(31)24-22-17-11-5-6-12-18(17)23(25(24)27(29)32)20-14-8-7-13-19(20)22/h5-8,11-14,16,22-25H,2-4,9-10,15H2,1H3/t22?,23?,24-,25-/m0/s1. The van der Waals surface area contributed by atoms with Gasteiger partial charge in [-0.3, -0.25) is 19.3 Å². The summed E-state index contributed by atoms with van der Waals surface area (Å²) in [6.07, 6.45) is 5.49. The summed E-state index contributed by atoms with van der Waals surface area (Å²) < 4.78 is 0. The molecule has 3 amide bonds. The fourth-order valence-electron chi connectivity index (χ4n) is 6.81. The lowest BCUT2D eigenvalue weighted by Crippen LogP contribution is -2.46. The van der Waals surface area contributed by atoms with Crippen LogP contribution in [0.4, 0.5) is 0 Å². The molecule has 1 heterocycles. The van der Waals surface area contributed by atoms with Crippen molar-refractivity contribution in [1.29, 1.82) is 0 Å². The van der Waals surface area contributed by atoms with Gasteiger partial charge < -0.3 is 4.90 Å². The number of likely N-dealkylation sites (tertiary alicyclic amines) is 1. The second-order valence-corrected chi connectivity index (χ2v) is 9.82. The van der Waals surface area contributed by atoms with E-state index >= 15 is 0 Å². The number of benzene rings is 2. The van der Waals surface area contributed by atoms with Crippen molar-refractivity contribution in [1.82, 2.24) is 9.80 Å². The van der Waals surface area contributed by atoms with Crippen molar-refractivity contribution >= 4 is 17.7 Å². The first-order chi connectivity index (χ1) is 15.6. The molecule has 4 aliphatic carbocycles. The topological polar surface area (TPSA) is 57.7 Å². The molecule has 5 nitrogen and oxygen atoms in total. The zero-order valence-corrected chi connectivity index (χ0v) is 18.4. The number of imide groups is 1. The number of hydrogen-bond acceptors (Lipinski definition) is 3. The van der Waals surface area contributed by atoms with Crippen LogP contribution in [-0.4, -0.2) is 47.2 Å². The molecule has 2 aromatic carbocycles. The second kappa shape index (κ2) is 7.29. The first-order valence-electron chi connectivity index (χ1n) is 11.9. The first kappa shape index (κ1) is 19.7. The van der Waals surface area contributed by atoms with Gasteiger partial charge in [-0.15, -0.1) is 0 Å². The molecule has 5 aliphatic rings. The van der Waals surface area contributed by atoms with Crippen molar-refractivity contribution in [2.45, 2.75) is 50.0 Å². The summed E-state index contributed by atoms with van der Waals surface area (Å²) in [6.45, 7) is -0.135. The fourth-order valence-corrected chi connectivity index (χ4v) is 6.81. The summed E-state index contributed by atoms with van der Waals surface area (Å²) >= 11 is 0. The van der Waals surface area contributed by atoms with Gasteiger partial charge in [0.05, 0.1) is 11.8 Å². The fraction of sp³-hybridized carbons (Fsp3) is 0.444. The third-order valence-electron chi connectivity index (χ3n) is 8.35. The van der Waals surface area contributed by atoms with Gasteiger partial charge in [0.1, 0.15) is 6.54 Å². The summed E-state index contributed by atoms with van der Waals surface area (Å²) in [6, 6.07) is 16.7. The van der Waals surface area contributed by atoms with E-state index in [0.717, 1.165) is 47.9 Å². The lowest BCUT2D eigenvalue weighted by Gasteiger charge is -2.45. The molecule has 2 atom stereocenters. The molecule has 0 unspecified atom stereocenters. The monoisotopic (exact) mass is 428 g/mol. The van der Waals surface area contributed by atoms with E-state index in [1.807, 2.05) is 31.3 Å². The number of carbonyl (C=O) groups is 3. The average molecular weight is 429 g/mol. The van der Waals surface area contributed by atoms with Gasteiger partial charge in [-0.2, -0.15) is 0 Å². The summed E-state index contributed by atoms with van der Waals surface area (Å²) in [5.74, 6) is -1.54. The minimum Gasteiger partial charge on any atom is -0.341 e. The number of amides is 3. The van der Waals surface area contributed by atoms with Crippen LogP contribution in [0.5, 0.6) is 0 Å². The molecule has 1 saturated heterocycles. The Labute approximate surface area is 188 Å². The van der Waals surface area contributed by atoms with Gasteiger partial charge in [-0.05, 0) is 35.1 Å². The summed E-state index contributed by atoms with van der Waals surface area (Å²) in [5, 5.41) is 0. The SMILES string of the molecule is CN(C(=O)CN1C(=O)[C@H]2C3c4ccccc4C(c4ccccc43)[C@@H]2C1=O)C1CCCCC1. The number of hydrogen-bond donors (Lipinski definition) is 0. The van der Waals surface area contributed by atoms with E-state index in [1.54, 1.807) is 4.90 Å². The van der Waals surface area contributed by atoms with Crippen LogP contribution in [0.2, 0.25) is 0 Å². The number of nitrogens with zero attached hydrogens (tertiary/aromatic N) is 2. The van der Waals surface area contributed by atoms with Gasteiger partial charge in [-0.1, -0.05) is 67.8 Å². The van der Waals surface area contributed by atoms with Crippen molar-refractivity contribution < 1.29 is 14.4 Å². The molecule has 2 fully saturated rings. The highest BCUT2D eigenvalue weighted by Crippen LogP contribution is 2.60. The largest absolute Gasteiger partial charge is 0.341 e. The molecule has 0 aromatic heterocycles. The number of carbonyl (C=O) groups excluding carboxylic acids is 3. The number of rotatable bonds is 3. The van der Waals surface area contributed by atoms with E-state index < -0.39 is 11.8 Å². The van der Waals surface area contributed by atoms with Gasteiger partial charge >= 0.3 is 0 Å². The Bertz CT molecular complexity index is 1000. The maximum Gasteiger partial charge on any atom is 0.242 e. The van der Waals surface area contributed by atoms with E-state index in [2.05, 4.69) is 24.3 Å². The van der Waals surface area contributed by atoms with Gasteiger partial charge in [0, 0.05) is 24.9 Å². The van der Waals surface area contributed by atoms with Crippen molar-refractivity contribution in [3.8, 4) is 0 Å². The Balaban J connectivity index is 1.34. The molecule has 1 saturated carbocycles. The zero-order valence-electron chi connectivity index (χ0n) is 18.4. The van der Waals surface area contributed by atoms with Crippen LogP contribution in [0.25, 0.3) is 0 Å². The lowest BCUT2D eigenvalue weighted by atomic mass is 9.55. The van der Waals surface area contributed by atoms with Crippen molar-refractivity contribution in [3.63, 3.8) is 0 Å². The van der Waals surface area contributed by atoms with Crippen LogP contribution >= 0.6 is 0 Å². The number of likely N-dealkylation sites (N-methyl/N-ethyl adjacent to an activating group) is 1. The van der Waals surface area contributed by atoms with Crippen LogP contribution in [0.15, 0.2) is 48.5 Å². The lowest BCUT2D eigenvalue weighted by molar-refractivity contribution is -0.147. The molecule has 2 bridgehead atoms. The van der Waals surface area contributed by atoms with E-state index in [1.165, 1.54) is 11.3 Å². The second-order valence-electron chi connectivity index (χ2n) is 9.82. The van der Waals surface area contributed by atoms with E-state index in [4.69, 9.17) is 0 Å². The third kappa shape index (κ3) is 2.66. The molecular weight excluding hydrogens is 400 g/mol. The molecule has 2 aromatic rings. The summed E-state index contributed by atoms with van der Waals surface area (Å²) in [4.78, 5) is 43.4. The predicted octanol–water partition coefficient (Wildman–Crippen LogP) is 3.67. The van der Waals surface area contributed by atoms with Crippen LogP contribution < -0.4 is 0 Å². The van der Waals surface area contributed by atoms with Crippen molar-refractivity contribution in [3.05, 3.63) is 70.8 Å². The van der Waals surface area contributed by atoms with E-state index in [-0.39, 0.29) is 42.1 Å². The van der Waals surface area contributed by atoms with Gasteiger partial charge in [0.15, 0.2) is 0 Å². The van der Waals surface area contributed by atoms with Gasteiger partial charge in [-0.25, -0.2) is 0 Å². The smallest absolute Gasteiger partial charge is 0.242 e. The Kier molecular flexibility index (Phi) is 4.49. The summed E-state index contributed by atoms with van der Waals surface area (Å²) in [7, 11) is 1.83. The molecule has 0 spiro atoms. The molecule has 1 aliphatic heterocycles. The maximum absolute atomic E-state index is 13.6. The Morgan fingerprint density at radius 2 is 1.25 bits per heavy atom. The molecule has 5 heteroatoms. The third-order valence-corrected chi connectivity index (χ3v) is 8.35. The Morgan fingerprint density at radius 3 is 1.69 bits per heavy atom. The normalized spacial score (nSPS) is 28.3. The van der Waals surface area contributed by atoms with E-state index in [0.29, 0.717) is 0 Å². The average Bonchev–Trinajstić information content (AvgIpc) is 3.09. The van der Waals surface area contributed by atoms with Crippen LogP contribution in [0.3, 0.4) is 0 Å². The van der Waals surface area contributed by atoms with Gasteiger partial charge in [0.2, 0.25) is 17.7 Å². The molecule has 7 rings (SSSR count). The molecule has 0 radical (unpaired) electrons. The van der Waals surface area contributed by atoms with Crippen molar-refractivity contribution in [2.75, 3.05) is 13.6 Å². The highest BCUT2D eigenvalue weighted by atomic mass is 16.2. The summed E-state index contributed by atoms with van der Waals surface area (Å²) in [5.41, 5.74) is 4.63. The Morgan fingerprint density at radius 1 is 0.812 bits per heavy atom. The highest BCUT2D eigenvalue weighted by molar-refractivity contribution is 6.09. The van der Waals surface area contributed by atoms with Gasteiger partial charge in [0.25, 0.3) is 0 Å². The Hall–Kier alpha value is -2.95. The molecule has 32 heavy (non-hydrogen) atoms. The molecule has 164 valence electrons. The van der Waals surface area contributed by atoms with Crippen LogP contribution in [-0.2, 0) is 14.4 Å².